The van der Waals surface area contributed by atoms with Crippen LogP contribution < -0.4 is 5.73 Å². The zero-order valence-electron chi connectivity index (χ0n) is 17.3. The predicted octanol–water partition coefficient (Wildman–Crippen LogP) is 6.22. The molecule has 0 bridgehead atoms. The van der Waals surface area contributed by atoms with Gasteiger partial charge in [0, 0.05) is 17.0 Å². The Bertz CT molecular complexity index is 818. The SMILES string of the molecule is CC1(C)CCC(C)(C)c2cc(-c3csc(CCC4CCC(N)C4)n3)ccc21. The smallest absolute Gasteiger partial charge is 0.0932 e. The Balaban J connectivity index is 1.53. The molecule has 4 rings (SSSR count). The maximum absolute atomic E-state index is 6.06. The molecule has 2 aliphatic carbocycles. The summed E-state index contributed by atoms with van der Waals surface area (Å²) in [5, 5.41) is 3.53. The molecule has 2 atom stereocenters. The number of nitrogens with zero attached hydrogens (tertiary/aromatic N) is 1. The first kappa shape index (κ1) is 19.1. The average Bonchev–Trinajstić information content (AvgIpc) is 3.26. The molecule has 2 aliphatic rings. The van der Waals surface area contributed by atoms with E-state index in [0.29, 0.717) is 6.04 Å². The third-order valence-corrected chi connectivity index (χ3v) is 7.96. The molecule has 2 aromatic rings. The topological polar surface area (TPSA) is 38.9 Å². The van der Waals surface area contributed by atoms with E-state index in [1.165, 1.54) is 60.2 Å². The lowest BCUT2D eigenvalue weighted by molar-refractivity contribution is 0.332. The minimum atomic E-state index is 0.251. The molecule has 0 spiro atoms. The number of nitrogens with two attached hydrogens (primary N) is 1. The Kier molecular flexibility index (Phi) is 4.97. The van der Waals surface area contributed by atoms with Crippen LogP contribution in [0.3, 0.4) is 0 Å². The normalized spacial score (nSPS) is 26.1. The molecule has 1 aromatic heterocycles. The predicted molar refractivity (Wildman–Crippen MR) is 116 cm³/mol. The fraction of sp³-hybridized carbons (Fsp3) is 0.625. The second-order valence-corrected chi connectivity index (χ2v) is 11.1. The van der Waals surface area contributed by atoms with E-state index >= 15 is 0 Å². The number of benzene rings is 1. The third-order valence-electron chi connectivity index (χ3n) is 7.05. The number of rotatable bonds is 4. The zero-order valence-corrected chi connectivity index (χ0v) is 18.2. The van der Waals surface area contributed by atoms with Gasteiger partial charge in [0.25, 0.3) is 0 Å². The Morgan fingerprint density at radius 1 is 1.07 bits per heavy atom. The minimum Gasteiger partial charge on any atom is -0.328 e. The van der Waals surface area contributed by atoms with Gasteiger partial charge in [0.1, 0.15) is 0 Å². The molecule has 3 heteroatoms. The van der Waals surface area contributed by atoms with Crippen molar-refractivity contribution in [3.05, 3.63) is 39.7 Å². The van der Waals surface area contributed by atoms with Gasteiger partial charge in [-0.15, -0.1) is 11.3 Å². The molecule has 0 saturated heterocycles. The van der Waals surface area contributed by atoms with Gasteiger partial charge in [0.2, 0.25) is 0 Å². The van der Waals surface area contributed by atoms with Gasteiger partial charge in [-0.1, -0.05) is 39.8 Å². The number of aromatic nitrogens is 1. The summed E-state index contributed by atoms with van der Waals surface area (Å²) in [6.07, 6.45) is 8.57. The highest BCUT2D eigenvalue weighted by atomic mass is 32.1. The summed E-state index contributed by atoms with van der Waals surface area (Å²) in [5.74, 6) is 0.805. The maximum Gasteiger partial charge on any atom is 0.0932 e. The second kappa shape index (κ2) is 7.00. The van der Waals surface area contributed by atoms with E-state index < -0.39 is 0 Å². The summed E-state index contributed by atoms with van der Waals surface area (Å²) in [4.78, 5) is 4.98. The van der Waals surface area contributed by atoms with Crippen LogP contribution in [-0.4, -0.2) is 11.0 Å². The lowest BCUT2D eigenvalue weighted by Gasteiger charge is -2.42. The summed E-state index contributed by atoms with van der Waals surface area (Å²) in [5.41, 5.74) is 12.1. The number of aryl methyl sites for hydroxylation is 1. The highest BCUT2D eigenvalue weighted by Gasteiger charge is 2.37. The standard InChI is InChI=1S/C24H34N2S/c1-23(2)11-12-24(3,4)20-14-17(7-9-19(20)23)21-15-27-22(26-21)10-6-16-5-8-18(25)13-16/h7,9,14-16,18H,5-6,8,10-13,25H2,1-4H3. The number of fused-ring (bicyclic) bond motifs is 1. The lowest BCUT2D eigenvalue weighted by atomic mass is 9.63. The van der Waals surface area contributed by atoms with Crippen LogP contribution in [0, 0.1) is 5.92 Å². The maximum atomic E-state index is 6.06. The molecule has 1 saturated carbocycles. The molecule has 2 N–H and O–H groups in total. The largest absolute Gasteiger partial charge is 0.328 e. The van der Waals surface area contributed by atoms with Gasteiger partial charge in [-0.05, 0) is 78.9 Å². The van der Waals surface area contributed by atoms with Gasteiger partial charge in [-0.2, -0.15) is 0 Å². The van der Waals surface area contributed by atoms with Crippen molar-refractivity contribution in [2.75, 3.05) is 0 Å². The van der Waals surface area contributed by atoms with E-state index in [0.717, 1.165) is 18.0 Å². The molecule has 2 unspecified atom stereocenters. The molecule has 0 amide bonds. The van der Waals surface area contributed by atoms with Gasteiger partial charge < -0.3 is 5.73 Å². The van der Waals surface area contributed by atoms with E-state index in [9.17, 15) is 0 Å². The van der Waals surface area contributed by atoms with E-state index in [2.05, 4.69) is 51.3 Å². The number of thiazole rings is 1. The molecule has 1 fully saturated rings. The van der Waals surface area contributed by atoms with Crippen molar-refractivity contribution in [2.24, 2.45) is 11.7 Å². The first-order valence-corrected chi connectivity index (χ1v) is 11.5. The number of hydrogen-bond acceptors (Lipinski definition) is 3. The van der Waals surface area contributed by atoms with Crippen molar-refractivity contribution in [1.82, 2.24) is 4.98 Å². The number of hydrogen-bond donors (Lipinski definition) is 1. The van der Waals surface area contributed by atoms with Gasteiger partial charge >= 0.3 is 0 Å². The van der Waals surface area contributed by atoms with Crippen LogP contribution >= 0.6 is 11.3 Å². The summed E-state index contributed by atoms with van der Waals surface area (Å²) in [7, 11) is 0. The third kappa shape index (κ3) is 3.86. The van der Waals surface area contributed by atoms with Crippen LogP contribution in [0.5, 0.6) is 0 Å². The van der Waals surface area contributed by atoms with Crippen molar-refractivity contribution >= 4 is 11.3 Å². The van der Waals surface area contributed by atoms with Crippen molar-refractivity contribution in [2.45, 2.75) is 89.5 Å². The Labute approximate surface area is 168 Å². The zero-order chi connectivity index (χ0) is 19.2. The molecule has 2 nitrogen and oxygen atoms in total. The quantitative estimate of drug-likeness (QED) is 0.682. The summed E-state index contributed by atoms with van der Waals surface area (Å²) in [6.45, 7) is 9.56. The lowest BCUT2D eigenvalue weighted by Crippen LogP contribution is -2.33. The highest BCUT2D eigenvalue weighted by Crippen LogP contribution is 2.46. The highest BCUT2D eigenvalue weighted by molar-refractivity contribution is 7.09. The van der Waals surface area contributed by atoms with Crippen molar-refractivity contribution in [3.63, 3.8) is 0 Å². The first-order valence-electron chi connectivity index (χ1n) is 10.6. The molecule has 146 valence electrons. The van der Waals surface area contributed by atoms with Crippen LogP contribution in [0.2, 0.25) is 0 Å². The van der Waals surface area contributed by atoms with E-state index in [1.807, 2.05) is 11.3 Å². The Morgan fingerprint density at radius 2 is 1.81 bits per heavy atom. The molecular formula is C24H34N2S. The van der Waals surface area contributed by atoms with Gasteiger partial charge in [-0.3, -0.25) is 0 Å². The molecule has 1 heterocycles. The monoisotopic (exact) mass is 382 g/mol. The first-order chi connectivity index (χ1) is 12.7. The van der Waals surface area contributed by atoms with Crippen LogP contribution in [0.15, 0.2) is 23.6 Å². The summed E-state index contributed by atoms with van der Waals surface area (Å²) in [6, 6.07) is 7.51. The Morgan fingerprint density at radius 3 is 2.52 bits per heavy atom. The van der Waals surface area contributed by atoms with E-state index in [1.54, 1.807) is 0 Å². The summed E-state index contributed by atoms with van der Waals surface area (Å²) < 4.78 is 0. The van der Waals surface area contributed by atoms with E-state index in [4.69, 9.17) is 10.7 Å². The average molecular weight is 383 g/mol. The summed E-state index contributed by atoms with van der Waals surface area (Å²) >= 11 is 1.82. The fourth-order valence-electron chi connectivity index (χ4n) is 5.01. The van der Waals surface area contributed by atoms with Crippen molar-refractivity contribution < 1.29 is 0 Å². The second-order valence-electron chi connectivity index (χ2n) is 10.1. The molecule has 1 aromatic carbocycles. The van der Waals surface area contributed by atoms with Gasteiger partial charge in [0.15, 0.2) is 0 Å². The fourth-order valence-corrected chi connectivity index (χ4v) is 5.83. The van der Waals surface area contributed by atoms with Gasteiger partial charge in [0.05, 0.1) is 10.7 Å². The minimum absolute atomic E-state index is 0.251. The van der Waals surface area contributed by atoms with Crippen molar-refractivity contribution in [1.29, 1.82) is 0 Å². The van der Waals surface area contributed by atoms with Crippen LogP contribution in [0.25, 0.3) is 11.3 Å². The van der Waals surface area contributed by atoms with Crippen molar-refractivity contribution in [3.8, 4) is 11.3 Å². The molecular weight excluding hydrogens is 348 g/mol. The molecule has 0 radical (unpaired) electrons. The van der Waals surface area contributed by atoms with Crippen LogP contribution in [0.4, 0.5) is 0 Å². The van der Waals surface area contributed by atoms with Crippen LogP contribution in [0.1, 0.15) is 82.4 Å². The molecule has 27 heavy (non-hydrogen) atoms. The Hall–Kier alpha value is -1.19. The molecule has 0 aliphatic heterocycles. The van der Waals surface area contributed by atoms with Gasteiger partial charge in [-0.25, -0.2) is 4.98 Å². The van der Waals surface area contributed by atoms with E-state index in [-0.39, 0.29) is 10.8 Å². The van der Waals surface area contributed by atoms with Crippen LogP contribution in [-0.2, 0) is 17.3 Å².